The first-order valence-corrected chi connectivity index (χ1v) is 6.79. The normalized spacial score (nSPS) is 11.9. The van der Waals surface area contributed by atoms with Gasteiger partial charge in [-0.2, -0.15) is 0 Å². The molecule has 1 aromatic rings. The summed E-state index contributed by atoms with van der Waals surface area (Å²) in [5, 5.41) is 11.2. The van der Waals surface area contributed by atoms with Gasteiger partial charge in [0, 0.05) is 20.0 Å². The first-order valence-electron chi connectivity index (χ1n) is 6.79. The molecule has 6 heteroatoms. The summed E-state index contributed by atoms with van der Waals surface area (Å²) in [7, 11) is 0. The fourth-order valence-electron chi connectivity index (χ4n) is 1.69. The maximum Gasteiger partial charge on any atom is 0.326 e. The Balaban J connectivity index is 2.05. The largest absolute Gasteiger partial charge is 0.480 e. The minimum atomic E-state index is -1.06. The monoisotopic (exact) mass is 295 g/mol. The van der Waals surface area contributed by atoms with Gasteiger partial charge in [-0.1, -0.05) is 30.3 Å². The molecule has 0 radical (unpaired) electrons. The average Bonchev–Trinajstić information content (AvgIpc) is 2.45. The topological polar surface area (TPSA) is 84.9 Å². The van der Waals surface area contributed by atoms with E-state index in [0.29, 0.717) is 19.8 Å². The third kappa shape index (κ3) is 8.06. The number of hydrogen-bond donors (Lipinski definition) is 2. The number of hydrogen-bond acceptors (Lipinski definition) is 4. The van der Waals surface area contributed by atoms with Crippen molar-refractivity contribution in [3.63, 3.8) is 0 Å². The summed E-state index contributed by atoms with van der Waals surface area (Å²) in [5.41, 5.74) is 1.09. The van der Waals surface area contributed by atoms with Crippen LogP contribution in [0.1, 0.15) is 18.9 Å². The summed E-state index contributed by atoms with van der Waals surface area (Å²) >= 11 is 0. The van der Waals surface area contributed by atoms with Crippen molar-refractivity contribution in [2.24, 2.45) is 0 Å². The Morgan fingerprint density at radius 1 is 1.14 bits per heavy atom. The molecule has 1 atom stereocenters. The Morgan fingerprint density at radius 2 is 1.81 bits per heavy atom. The van der Waals surface area contributed by atoms with E-state index in [9.17, 15) is 9.59 Å². The average molecular weight is 295 g/mol. The fraction of sp³-hybridized carbons (Fsp3) is 0.467. The smallest absolute Gasteiger partial charge is 0.326 e. The van der Waals surface area contributed by atoms with Crippen LogP contribution in [-0.2, 0) is 25.7 Å². The zero-order valence-electron chi connectivity index (χ0n) is 12.1. The summed E-state index contributed by atoms with van der Waals surface area (Å²) in [6.45, 7) is 2.89. The lowest BCUT2D eigenvalue weighted by Gasteiger charge is -2.13. The molecule has 0 aliphatic heterocycles. The Morgan fingerprint density at radius 3 is 2.43 bits per heavy atom. The molecule has 0 bridgehead atoms. The van der Waals surface area contributed by atoms with Gasteiger partial charge in [-0.15, -0.1) is 0 Å². The number of rotatable bonds is 10. The van der Waals surface area contributed by atoms with E-state index in [2.05, 4.69) is 5.32 Å². The number of carbonyl (C=O) groups is 2. The highest BCUT2D eigenvalue weighted by Gasteiger charge is 2.17. The van der Waals surface area contributed by atoms with E-state index in [1.54, 1.807) is 0 Å². The van der Waals surface area contributed by atoms with Gasteiger partial charge in [0.15, 0.2) is 0 Å². The molecule has 0 unspecified atom stereocenters. The first kappa shape index (κ1) is 17.1. The lowest BCUT2D eigenvalue weighted by molar-refractivity contribution is -0.142. The highest BCUT2D eigenvalue weighted by molar-refractivity contribution is 5.81. The summed E-state index contributed by atoms with van der Waals surface area (Å²) < 4.78 is 10.7. The number of carboxylic acids is 1. The van der Waals surface area contributed by atoms with Crippen LogP contribution >= 0.6 is 0 Å². The molecule has 1 rings (SSSR count). The third-order valence-corrected chi connectivity index (χ3v) is 2.71. The second-order valence-corrected chi connectivity index (χ2v) is 4.53. The molecule has 0 aromatic heterocycles. The van der Waals surface area contributed by atoms with Gasteiger partial charge in [-0.3, -0.25) is 4.79 Å². The summed E-state index contributed by atoms with van der Waals surface area (Å²) in [6, 6.07) is 8.89. The molecule has 6 nitrogen and oxygen atoms in total. The highest BCUT2D eigenvalue weighted by Crippen LogP contribution is 2.00. The molecular formula is C15H21NO5. The van der Waals surface area contributed by atoms with Crippen LogP contribution in [0.2, 0.25) is 0 Å². The molecule has 0 aliphatic rings. The van der Waals surface area contributed by atoms with E-state index in [0.717, 1.165) is 5.56 Å². The molecule has 0 spiro atoms. The minimum Gasteiger partial charge on any atom is -0.480 e. The lowest BCUT2D eigenvalue weighted by Crippen LogP contribution is -2.40. The van der Waals surface area contributed by atoms with Gasteiger partial charge >= 0.3 is 5.97 Å². The molecule has 21 heavy (non-hydrogen) atoms. The summed E-state index contributed by atoms with van der Waals surface area (Å²) in [6.07, 6.45) is 0.230. The third-order valence-electron chi connectivity index (χ3n) is 2.71. The molecule has 0 aliphatic carbocycles. The minimum absolute atomic E-state index is 0.230. The number of amides is 1. The highest BCUT2D eigenvalue weighted by atomic mass is 16.5. The molecular weight excluding hydrogens is 274 g/mol. The van der Waals surface area contributed by atoms with Crippen molar-refractivity contribution in [2.75, 3.05) is 19.8 Å². The Labute approximate surface area is 124 Å². The van der Waals surface area contributed by atoms with Gasteiger partial charge in [-0.05, 0) is 5.56 Å². The van der Waals surface area contributed by atoms with Crippen LogP contribution < -0.4 is 5.32 Å². The summed E-state index contributed by atoms with van der Waals surface area (Å²) in [4.78, 5) is 21.7. The number of aliphatic carboxylic acids is 1. The Hall–Kier alpha value is -1.92. The van der Waals surface area contributed by atoms with E-state index in [1.807, 2.05) is 30.3 Å². The van der Waals surface area contributed by atoms with Gasteiger partial charge in [0.2, 0.25) is 5.91 Å². The maximum atomic E-state index is 10.9. The second kappa shape index (κ2) is 9.90. The Kier molecular flexibility index (Phi) is 8.08. The van der Waals surface area contributed by atoms with E-state index in [-0.39, 0.29) is 18.9 Å². The fourth-order valence-corrected chi connectivity index (χ4v) is 1.69. The van der Waals surface area contributed by atoms with Crippen LogP contribution in [0.15, 0.2) is 30.3 Å². The van der Waals surface area contributed by atoms with Crippen molar-refractivity contribution in [2.45, 2.75) is 26.0 Å². The number of ether oxygens (including phenoxy) is 2. The van der Waals surface area contributed by atoms with E-state index in [4.69, 9.17) is 14.6 Å². The molecule has 0 saturated heterocycles. The number of carboxylic acid groups (broad SMARTS) is 1. The predicted octanol–water partition coefficient (Wildman–Crippen LogP) is 1.20. The van der Waals surface area contributed by atoms with E-state index in [1.165, 1.54) is 6.92 Å². The van der Waals surface area contributed by atoms with Crippen molar-refractivity contribution in [3.8, 4) is 0 Å². The number of benzene rings is 1. The lowest BCUT2D eigenvalue weighted by atomic mass is 10.2. The van der Waals surface area contributed by atoms with Crippen LogP contribution in [0.25, 0.3) is 0 Å². The maximum absolute atomic E-state index is 10.9. The molecule has 1 amide bonds. The molecule has 116 valence electrons. The van der Waals surface area contributed by atoms with E-state index >= 15 is 0 Å². The Bertz CT molecular complexity index is 435. The van der Waals surface area contributed by atoms with Gasteiger partial charge in [0.05, 0.1) is 19.8 Å². The van der Waals surface area contributed by atoms with Crippen molar-refractivity contribution in [1.82, 2.24) is 5.32 Å². The zero-order valence-corrected chi connectivity index (χ0v) is 12.1. The van der Waals surface area contributed by atoms with Crippen LogP contribution in [0.5, 0.6) is 0 Å². The first-order chi connectivity index (χ1) is 10.1. The predicted molar refractivity (Wildman–Crippen MR) is 76.8 cm³/mol. The van der Waals surface area contributed by atoms with Crippen molar-refractivity contribution in [3.05, 3.63) is 35.9 Å². The van der Waals surface area contributed by atoms with Crippen LogP contribution in [0, 0.1) is 0 Å². The van der Waals surface area contributed by atoms with Crippen LogP contribution in [-0.4, -0.2) is 42.8 Å². The van der Waals surface area contributed by atoms with Crippen LogP contribution in [0.3, 0.4) is 0 Å². The van der Waals surface area contributed by atoms with Gasteiger partial charge in [0.1, 0.15) is 6.04 Å². The number of carbonyl (C=O) groups excluding carboxylic acids is 1. The molecule has 0 heterocycles. The number of nitrogens with one attached hydrogen (secondary N) is 1. The van der Waals surface area contributed by atoms with Crippen molar-refractivity contribution in [1.29, 1.82) is 0 Å². The zero-order chi connectivity index (χ0) is 15.5. The molecule has 0 fully saturated rings. The molecule has 2 N–H and O–H groups in total. The standard InChI is InChI=1S/C15H21NO5/c1-12(17)16-14(15(18)19)7-8-20-9-10-21-11-13-5-3-2-4-6-13/h2-6,14H,7-11H2,1H3,(H,16,17)(H,18,19)/t14-/m1/s1. The van der Waals surface area contributed by atoms with E-state index < -0.39 is 12.0 Å². The van der Waals surface area contributed by atoms with Crippen molar-refractivity contribution >= 4 is 11.9 Å². The summed E-state index contributed by atoms with van der Waals surface area (Å²) in [5.74, 6) is -1.43. The van der Waals surface area contributed by atoms with Gasteiger partial charge in [0.25, 0.3) is 0 Å². The van der Waals surface area contributed by atoms with Gasteiger partial charge < -0.3 is 19.9 Å². The molecule has 0 saturated carbocycles. The van der Waals surface area contributed by atoms with Crippen molar-refractivity contribution < 1.29 is 24.2 Å². The molecule has 1 aromatic carbocycles. The van der Waals surface area contributed by atoms with Gasteiger partial charge in [-0.25, -0.2) is 4.79 Å². The SMILES string of the molecule is CC(=O)N[C@H](CCOCCOCc1ccccc1)C(=O)O. The second-order valence-electron chi connectivity index (χ2n) is 4.53. The van der Waals surface area contributed by atoms with Crippen LogP contribution in [0.4, 0.5) is 0 Å². The quantitative estimate of drug-likeness (QED) is 0.634.